The molecule has 0 unspecified atom stereocenters. The van der Waals surface area contributed by atoms with Gasteiger partial charge in [-0.1, -0.05) is 17.7 Å². The summed E-state index contributed by atoms with van der Waals surface area (Å²) in [6.45, 7) is 0. The van der Waals surface area contributed by atoms with Gasteiger partial charge >= 0.3 is 0 Å². The molecule has 17 heavy (non-hydrogen) atoms. The Kier molecular flexibility index (Phi) is 3.25. The first-order valence-corrected chi connectivity index (χ1v) is 5.25. The monoisotopic (exact) mass is 248 g/mol. The largest absolute Gasteiger partial charge is 0.508 e. The van der Waals surface area contributed by atoms with Crippen molar-refractivity contribution >= 4 is 23.2 Å². The maximum Gasteiger partial charge on any atom is 0.255 e. The van der Waals surface area contributed by atoms with Gasteiger partial charge in [-0.25, -0.2) is 4.98 Å². The van der Waals surface area contributed by atoms with Crippen LogP contribution in [0.15, 0.2) is 42.6 Å². The zero-order valence-electron chi connectivity index (χ0n) is 8.72. The number of aromatic nitrogens is 1. The van der Waals surface area contributed by atoms with Crippen LogP contribution in [0, 0.1) is 0 Å². The Bertz CT molecular complexity index is 558. The highest BCUT2D eigenvalue weighted by molar-refractivity contribution is 6.29. The second-order valence-electron chi connectivity index (χ2n) is 3.37. The van der Waals surface area contributed by atoms with Crippen molar-refractivity contribution in [3.8, 4) is 5.75 Å². The van der Waals surface area contributed by atoms with E-state index in [2.05, 4.69) is 10.3 Å². The third-order valence-corrected chi connectivity index (χ3v) is 2.30. The first-order valence-electron chi connectivity index (χ1n) is 4.87. The average molecular weight is 249 g/mol. The average Bonchev–Trinajstić information content (AvgIpc) is 2.29. The fourth-order valence-corrected chi connectivity index (χ4v) is 1.50. The lowest BCUT2D eigenvalue weighted by molar-refractivity contribution is 0.102. The lowest BCUT2D eigenvalue weighted by Crippen LogP contribution is -2.11. The van der Waals surface area contributed by atoms with Gasteiger partial charge in [0.05, 0.1) is 0 Å². The van der Waals surface area contributed by atoms with Gasteiger partial charge in [0.2, 0.25) is 0 Å². The molecule has 0 spiro atoms. The lowest BCUT2D eigenvalue weighted by Gasteiger charge is -2.05. The number of benzene rings is 1. The number of aromatic hydroxyl groups is 1. The van der Waals surface area contributed by atoms with Crippen LogP contribution in [0.25, 0.3) is 0 Å². The summed E-state index contributed by atoms with van der Waals surface area (Å²) in [5.41, 5.74) is 0.927. The van der Waals surface area contributed by atoms with E-state index in [4.69, 9.17) is 11.6 Å². The van der Waals surface area contributed by atoms with Crippen LogP contribution in [-0.2, 0) is 0 Å². The summed E-state index contributed by atoms with van der Waals surface area (Å²) in [6, 6.07) is 9.34. The summed E-state index contributed by atoms with van der Waals surface area (Å²) >= 11 is 5.69. The predicted molar refractivity (Wildman–Crippen MR) is 65.3 cm³/mol. The predicted octanol–water partition coefficient (Wildman–Crippen LogP) is 2.69. The van der Waals surface area contributed by atoms with Crippen molar-refractivity contribution < 1.29 is 9.90 Å². The van der Waals surface area contributed by atoms with Crippen molar-refractivity contribution in [2.45, 2.75) is 0 Å². The molecule has 0 atom stereocenters. The highest BCUT2D eigenvalue weighted by atomic mass is 35.5. The van der Waals surface area contributed by atoms with Crippen molar-refractivity contribution in [1.82, 2.24) is 4.98 Å². The molecule has 0 saturated heterocycles. The van der Waals surface area contributed by atoms with Crippen molar-refractivity contribution in [2.75, 3.05) is 5.32 Å². The first kappa shape index (κ1) is 11.4. The fourth-order valence-electron chi connectivity index (χ4n) is 1.33. The Labute approximate surface area is 103 Å². The Morgan fingerprint density at radius 1 is 1.29 bits per heavy atom. The smallest absolute Gasteiger partial charge is 0.255 e. The summed E-state index contributed by atoms with van der Waals surface area (Å²) in [5, 5.41) is 12.2. The molecule has 2 aromatic rings. The zero-order chi connectivity index (χ0) is 12.3. The van der Waals surface area contributed by atoms with Crippen LogP contribution in [0.3, 0.4) is 0 Å². The van der Waals surface area contributed by atoms with Gasteiger partial charge in [0.1, 0.15) is 10.9 Å². The van der Waals surface area contributed by atoms with Gasteiger partial charge in [0, 0.05) is 23.5 Å². The second-order valence-corrected chi connectivity index (χ2v) is 3.76. The van der Waals surface area contributed by atoms with Gasteiger partial charge in [0.15, 0.2) is 0 Å². The first-order chi connectivity index (χ1) is 8.15. The molecular weight excluding hydrogens is 240 g/mol. The van der Waals surface area contributed by atoms with Crippen LogP contribution >= 0.6 is 11.6 Å². The molecule has 0 aliphatic rings. The van der Waals surface area contributed by atoms with E-state index < -0.39 is 0 Å². The Morgan fingerprint density at radius 2 is 2.12 bits per heavy atom. The molecule has 0 aliphatic carbocycles. The van der Waals surface area contributed by atoms with Crippen LogP contribution < -0.4 is 5.32 Å². The number of nitrogens with one attached hydrogen (secondary N) is 1. The van der Waals surface area contributed by atoms with Crippen molar-refractivity contribution in [1.29, 1.82) is 0 Å². The van der Waals surface area contributed by atoms with E-state index in [-0.39, 0.29) is 16.8 Å². The number of hydrogen-bond donors (Lipinski definition) is 2. The molecule has 0 fully saturated rings. The number of halogens is 1. The van der Waals surface area contributed by atoms with Crippen LogP contribution in [0.1, 0.15) is 10.4 Å². The van der Waals surface area contributed by atoms with E-state index in [9.17, 15) is 9.90 Å². The number of amides is 1. The molecule has 2 N–H and O–H groups in total. The number of carbonyl (C=O) groups excluding carboxylic acids is 1. The standard InChI is InChI=1S/C12H9ClN2O2/c13-11-6-8(4-5-14-11)12(17)15-9-2-1-3-10(16)7-9/h1-7,16H,(H,15,17). The highest BCUT2D eigenvalue weighted by Crippen LogP contribution is 2.16. The maximum absolute atomic E-state index is 11.8. The van der Waals surface area contributed by atoms with E-state index in [0.717, 1.165) is 0 Å². The Morgan fingerprint density at radius 3 is 2.82 bits per heavy atom. The number of nitrogens with zero attached hydrogens (tertiary/aromatic N) is 1. The normalized spacial score (nSPS) is 9.94. The molecular formula is C12H9ClN2O2. The molecule has 4 nitrogen and oxygen atoms in total. The number of carbonyl (C=O) groups is 1. The number of phenolic OH excluding ortho intramolecular Hbond substituents is 1. The minimum Gasteiger partial charge on any atom is -0.508 e. The molecule has 0 saturated carbocycles. The summed E-state index contributed by atoms with van der Waals surface area (Å²) in [6.07, 6.45) is 1.46. The van der Waals surface area contributed by atoms with E-state index in [1.54, 1.807) is 18.2 Å². The molecule has 1 aromatic heterocycles. The summed E-state index contributed by atoms with van der Waals surface area (Å²) in [5.74, 6) is -0.213. The van der Waals surface area contributed by atoms with E-state index in [0.29, 0.717) is 11.3 Å². The summed E-state index contributed by atoms with van der Waals surface area (Å²) in [4.78, 5) is 15.6. The van der Waals surface area contributed by atoms with Gasteiger partial charge in [-0.3, -0.25) is 4.79 Å². The zero-order valence-corrected chi connectivity index (χ0v) is 9.48. The number of anilines is 1. The lowest BCUT2D eigenvalue weighted by atomic mass is 10.2. The van der Waals surface area contributed by atoms with E-state index in [1.807, 2.05) is 0 Å². The molecule has 5 heteroatoms. The summed E-state index contributed by atoms with van der Waals surface area (Å²) in [7, 11) is 0. The van der Waals surface area contributed by atoms with Crippen LogP contribution in [0.5, 0.6) is 5.75 Å². The van der Waals surface area contributed by atoms with Gasteiger partial charge < -0.3 is 10.4 Å². The van der Waals surface area contributed by atoms with Crippen LogP contribution in [0.2, 0.25) is 5.15 Å². The minimum absolute atomic E-state index is 0.0931. The van der Waals surface area contributed by atoms with Gasteiger partial charge in [-0.2, -0.15) is 0 Å². The number of hydrogen-bond acceptors (Lipinski definition) is 3. The second kappa shape index (κ2) is 4.84. The number of pyridine rings is 1. The fraction of sp³-hybridized carbons (Fsp3) is 0. The Balaban J connectivity index is 2.17. The molecule has 1 aromatic carbocycles. The number of rotatable bonds is 2. The van der Waals surface area contributed by atoms with Crippen LogP contribution in [-0.4, -0.2) is 16.0 Å². The van der Waals surface area contributed by atoms with Crippen molar-refractivity contribution in [3.05, 3.63) is 53.3 Å². The van der Waals surface area contributed by atoms with Crippen molar-refractivity contribution in [3.63, 3.8) is 0 Å². The molecule has 0 bridgehead atoms. The van der Waals surface area contributed by atoms with Crippen LogP contribution in [0.4, 0.5) is 5.69 Å². The Hall–Kier alpha value is -2.07. The quantitative estimate of drug-likeness (QED) is 0.804. The molecule has 2 rings (SSSR count). The topological polar surface area (TPSA) is 62.2 Å². The molecule has 0 aliphatic heterocycles. The third kappa shape index (κ3) is 2.95. The van der Waals surface area contributed by atoms with E-state index >= 15 is 0 Å². The maximum atomic E-state index is 11.8. The minimum atomic E-state index is -0.306. The molecule has 1 amide bonds. The number of phenols is 1. The summed E-state index contributed by atoms with van der Waals surface area (Å²) < 4.78 is 0. The highest BCUT2D eigenvalue weighted by Gasteiger charge is 2.06. The SMILES string of the molecule is O=C(Nc1cccc(O)c1)c1ccnc(Cl)c1. The van der Waals surface area contributed by atoms with Gasteiger partial charge in [-0.15, -0.1) is 0 Å². The van der Waals surface area contributed by atoms with Gasteiger partial charge in [0.25, 0.3) is 5.91 Å². The molecule has 0 radical (unpaired) electrons. The molecule has 86 valence electrons. The van der Waals surface area contributed by atoms with Crippen molar-refractivity contribution in [2.24, 2.45) is 0 Å². The van der Waals surface area contributed by atoms with E-state index in [1.165, 1.54) is 24.4 Å². The van der Waals surface area contributed by atoms with Gasteiger partial charge in [-0.05, 0) is 24.3 Å². The third-order valence-electron chi connectivity index (χ3n) is 2.09. The molecule has 1 heterocycles.